The van der Waals surface area contributed by atoms with Gasteiger partial charge in [0.25, 0.3) is 0 Å². The maximum absolute atomic E-state index is 11.4. The Morgan fingerprint density at radius 3 is 2.90 bits per heavy atom. The molecule has 0 aliphatic carbocycles. The van der Waals surface area contributed by atoms with Crippen molar-refractivity contribution < 1.29 is 9.53 Å². The lowest BCUT2D eigenvalue weighted by Gasteiger charge is -2.19. The monoisotopic (exact) mass is 279 g/mol. The fourth-order valence-electron chi connectivity index (χ4n) is 1.61. The Labute approximate surface area is 121 Å². The van der Waals surface area contributed by atoms with Gasteiger partial charge in [0.1, 0.15) is 5.60 Å². The number of rotatable bonds is 6. The highest BCUT2D eigenvalue weighted by molar-refractivity contribution is 5.67. The molecule has 1 N–H and O–H groups in total. The number of aryl methyl sites for hydroxylation is 1. The van der Waals surface area contributed by atoms with Crippen LogP contribution in [0.3, 0.4) is 0 Å². The molecule has 1 amide bonds. The average Bonchev–Trinajstić information content (AvgIpc) is 2.74. The Morgan fingerprint density at radius 1 is 1.50 bits per heavy atom. The molecule has 0 spiro atoms. The highest BCUT2D eigenvalue weighted by Crippen LogP contribution is 2.06. The molecule has 1 heterocycles. The van der Waals surface area contributed by atoms with Gasteiger partial charge in [-0.25, -0.2) is 4.79 Å². The number of carbonyl (C=O) groups is 1. The normalized spacial score (nSPS) is 11.8. The molecule has 20 heavy (non-hydrogen) atoms. The Bertz CT molecular complexity index is 444. The van der Waals surface area contributed by atoms with Crippen molar-refractivity contribution in [3.63, 3.8) is 0 Å². The van der Waals surface area contributed by atoms with Gasteiger partial charge in [-0.2, -0.15) is 5.10 Å². The number of hydrogen-bond acceptors (Lipinski definition) is 3. The van der Waals surface area contributed by atoms with Crippen LogP contribution in [0, 0.1) is 0 Å². The summed E-state index contributed by atoms with van der Waals surface area (Å²) in [7, 11) is 0. The average molecular weight is 279 g/mol. The molecule has 5 heteroatoms. The maximum atomic E-state index is 11.4. The summed E-state index contributed by atoms with van der Waals surface area (Å²) in [5, 5.41) is 6.97. The second kappa shape index (κ2) is 7.72. The van der Waals surface area contributed by atoms with Crippen LogP contribution in [0.25, 0.3) is 6.08 Å². The van der Waals surface area contributed by atoms with Crippen molar-refractivity contribution in [2.75, 3.05) is 6.54 Å². The molecule has 5 nitrogen and oxygen atoms in total. The quantitative estimate of drug-likeness (QED) is 0.813. The summed E-state index contributed by atoms with van der Waals surface area (Å²) >= 11 is 0. The fourth-order valence-corrected chi connectivity index (χ4v) is 1.61. The van der Waals surface area contributed by atoms with Gasteiger partial charge >= 0.3 is 6.09 Å². The van der Waals surface area contributed by atoms with E-state index in [0.29, 0.717) is 6.54 Å². The third-order valence-electron chi connectivity index (χ3n) is 2.40. The fraction of sp³-hybridized carbons (Fsp3) is 0.600. The van der Waals surface area contributed by atoms with E-state index in [1.54, 1.807) is 0 Å². The Balaban J connectivity index is 2.23. The van der Waals surface area contributed by atoms with Crippen LogP contribution in [0.1, 0.15) is 46.1 Å². The molecule has 1 aromatic rings. The molecule has 1 aromatic heterocycles. The predicted octanol–water partition coefficient (Wildman–Crippen LogP) is 3.22. The van der Waals surface area contributed by atoms with Crippen molar-refractivity contribution in [3.05, 3.63) is 24.0 Å². The molecule has 0 unspecified atom stereocenters. The zero-order valence-corrected chi connectivity index (χ0v) is 12.8. The summed E-state index contributed by atoms with van der Waals surface area (Å²) in [6, 6.07) is 0. The number of nitrogens with zero attached hydrogens (tertiary/aromatic N) is 2. The van der Waals surface area contributed by atoms with Gasteiger partial charge in [-0.15, -0.1) is 0 Å². The molecule has 0 saturated heterocycles. The first-order chi connectivity index (χ1) is 9.40. The number of ether oxygens (including phenoxy) is 1. The van der Waals surface area contributed by atoms with Crippen LogP contribution in [-0.2, 0) is 11.3 Å². The summed E-state index contributed by atoms with van der Waals surface area (Å²) < 4.78 is 7.07. The van der Waals surface area contributed by atoms with Gasteiger partial charge in [-0.1, -0.05) is 19.1 Å². The standard InChI is InChI=1S/C15H25N3O2/c1-5-10-18-12-13(11-17-18)8-6-7-9-16-14(19)20-15(2,3)4/h6,8,11-12H,5,7,9-10H2,1-4H3,(H,16,19). The number of alkyl carbamates (subject to hydrolysis) is 1. The molecule has 0 aromatic carbocycles. The summed E-state index contributed by atoms with van der Waals surface area (Å²) in [5.41, 5.74) is 0.629. The van der Waals surface area contributed by atoms with Gasteiger partial charge < -0.3 is 10.1 Å². The zero-order chi connectivity index (χ0) is 15.0. The molecule has 0 bridgehead atoms. The zero-order valence-electron chi connectivity index (χ0n) is 12.8. The van der Waals surface area contributed by atoms with E-state index in [4.69, 9.17) is 4.74 Å². The van der Waals surface area contributed by atoms with Crippen molar-refractivity contribution in [1.29, 1.82) is 0 Å². The SMILES string of the molecule is CCCn1cc(C=CCCNC(=O)OC(C)(C)C)cn1. The Hall–Kier alpha value is -1.78. The number of hydrogen-bond donors (Lipinski definition) is 1. The van der Waals surface area contributed by atoms with Gasteiger partial charge in [0, 0.05) is 24.8 Å². The van der Waals surface area contributed by atoms with Gasteiger partial charge in [0.2, 0.25) is 0 Å². The molecule has 0 aliphatic rings. The van der Waals surface area contributed by atoms with E-state index in [0.717, 1.165) is 24.9 Å². The minimum absolute atomic E-state index is 0.373. The topological polar surface area (TPSA) is 56.2 Å². The first kappa shape index (κ1) is 16.3. The lowest BCUT2D eigenvalue weighted by molar-refractivity contribution is 0.0529. The third-order valence-corrected chi connectivity index (χ3v) is 2.40. The summed E-state index contributed by atoms with van der Waals surface area (Å²) in [6.45, 7) is 9.17. The van der Waals surface area contributed by atoms with Crippen molar-refractivity contribution in [1.82, 2.24) is 15.1 Å². The number of carbonyl (C=O) groups excluding carboxylic acids is 1. The Kier molecular flexibility index (Phi) is 6.28. The van der Waals surface area contributed by atoms with E-state index in [9.17, 15) is 4.79 Å². The van der Waals surface area contributed by atoms with Gasteiger partial charge in [0.15, 0.2) is 0 Å². The van der Waals surface area contributed by atoms with Crippen LogP contribution in [0.4, 0.5) is 4.79 Å². The molecule has 112 valence electrons. The smallest absolute Gasteiger partial charge is 0.407 e. The minimum atomic E-state index is -0.451. The largest absolute Gasteiger partial charge is 0.444 e. The highest BCUT2D eigenvalue weighted by Gasteiger charge is 2.15. The molecular weight excluding hydrogens is 254 g/mol. The molecule has 0 atom stereocenters. The van der Waals surface area contributed by atoms with Gasteiger partial charge in [-0.3, -0.25) is 4.68 Å². The van der Waals surface area contributed by atoms with Crippen LogP contribution in [0.5, 0.6) is 0 Å². The van der Waals surface area contributed by atoms with Crippen LogP contribution >= 0.6 is 0 Å². The predicted molar refractivity (Wildman–Crippen MR) is 80.4 cm³/mol. The van der Waals surface area contributed by atoms with Gasteiger partial charge in [0.05, 0.1) is 6.20 Å². The highest BCUT2D eigenvalue weighted by atomic mass is 16.6. The molecular formula is C15H25N3O2. The second-order valence-electron chi connectivity index (χ2n) is 5.66. The molecule has 0 radical (unpaired) electrons. The molecule has 0 fully saturated rings. The Morgan fingerprint density at radius 2 is 2.25 bits per heavy atom. The van der Waals surface area contributed by atoms with E-state index >= 15 is 0 Å². The van der Waals surface area contributed by atoms with Crippen molar-refractivity contribution in [3.8, 4) is 0 Å². The summed E-state index contributed by atoms with van der Waals surface area (Å²) in [4.78, 5) is 11.4. The van der Waals surface area contributed by atoms with E-state index in [-0.39, 0.29) is 6.09 Å². The maximum Gasteiger partial charge on any atom is 0.407 e. The third kappa shape index (κ3) is 6.97. The first-order valence-corrected chi connectivity index (χ1v) is 7.06. The minimum Gasteiger partial charge on any atom is -0.444 e. The number of amides is 1. The molecule has 1 rings (SSSR count). The lowest BCUT2D eigenvalue weighted by atomic mass is 10.2. The lowest BCUT2D eigenvalue weighted by Crippen LogP contribution is -2.32. The molecule has 0 saturated carbocycles. The van der Waals surface area contributed by atoms with E-state index in [1.165, 1.54) is 0 Å². The van der Waals surface area contributed by atoms with Crippen molar-refractivity contribution in [2.24, 2.45) is 0 Å². The van der Waals surface area contributed by atoms with E-state index in [1.807, 2.05) is 50.0 Å². The van der Waals surface area contributed by atoms with Gasteiger partial charge in [-0.05, 0) is 33.6 Å². The van der Waals surface area contributed by atoms with E-state index < -0.39 is 5.60 Å². The summed E-state index contributed by atoms with van der Waals surface area (Å²) in [6.07, 6.45) is 9.35. The number of nitrogens with one attached hydrogen (secondary N) is 1. The van der Waals surface area contributed by atoms with E-state index in [2.05, 4.69) is 17.3 Å². The van der Waals surface area contributed by atoms with Crippen LogP contribution in [0.2, 0.25) is 0 Å². The van der Waals surface area contributed by atoms with Crippen LogP contribution in [-0.4, -0.2) is 28.0 Å². The summed E-state index contributed by atoms with van der Waals surface area (Å²) in [5.74, 6) is 0. The van der Waals surface area contributed by atoms with Crippen LogP contribution < -0.4 is 5.32 Å². The van der Waals surface area contributed by atoms with Crippen LogP contribution in [0.15, 0.2) is 18.5 Å². The van der Waals surface area contributed by atoms with Crippen molar-refractivity contribution in [2.45, 2.75) is 52.7 Å². The second-order valence-corrected chi connectivity index (χ2v) is 5.66. The first-order valence-electron chi connectivity index (χ1n) is 7.06. The molecule has 0 aliphatic heterocycles. The number of aromatic nitrogens is 2. The van der Waals surface area contributed by atoms with Crippen molar-refractivity contribution >= 4 is 12.2 Å².